The molecule has 0 fully saturated rings. The van der Waals surface area contributed by atoms with Crippen molar-refractivity contribution in [3.8, 4) is 0 Å². The summed E-state index contributed by atoms with van der Waals surface area (Å²) in [6, 6.07) is 4.17. The first kappa shape index (κ1) is 14.6. The van der Waals surface area contributed by atoms with Crippen LogP contribution in [0, 0.1) is 5.92 Å². The Labute approximate surface area is 109 Å². The van der Waals surface area contributed by atoms with Crippen LogP contribution >= 0.6 is 0 Å². The molecule has 0 aliphatic rings. The minimum Gasteiger partial charge on any atom is -0.356 e. The van der Waals surface area contributed by atoms with E-state index in [9.17, 15) is 4.79 Å². The second-order valence-corrected chi connectivity index (χ2v) is 4.91. The zero-order valence-corrected chi connectivity index (χ0v) is 11.4. The highest BCUT2D eigenvalue weighted by Gasteiger charge is 2.06. The van der Waals surface area contributed by atoms with E-state index in [-0.39, 0.29) is 11.9 Å². The average molecular weight is 249 g/mol. The number of amides is 1. The lowest BCUT2D eigenvalue weighted by Crippen LogP contribution is -2.31. The van der Waals surface area contributed by atoms with E-state index in [4.69, 9.17) is 0 Å². The fourth-order valence-corrected chi connectivity index (χ4v) is 1.56. The highest BCUT2D eigenvalue weighted by atomic mass is 16.1. The lowest BCUT2D eigenvalue weighted by atomic mass is 10.1. The van der Waals surface area contributed by atoms with Gasteiger partial charge in [-0.1, -0.05) is 19.9 Å². The summed E-state index contributed by atoms with van der Waals surface area (Å²) in [5, 5.41) is 6.22. The van der Waals surface area contributed by atoms with Gasteiger partial charge in [0.25, 0.3) is 0 Å². The summed E-state index contributed by atoms with van der Waals surface area (Å²) in [5.41, 5.74) is 1.14. The number of pyridine rings is 1. The molecule has 18 heavy (non-hydrogen) atoms. The van der Waals surface area contributed by atoms with E-state index in [2.05, 4.69) is 36.4 Å². The van der Waals surface area contributed by atoms with Gasteiger partial charge < -0.3 is 10.6 Å². The second-order valence-electron chi connectivity index (χ2n) is 4.91. The van der Waals surface area contributed by atoms with Crippen molar-refractivity contribution in [1.29, 1.82) is 0 Å². The number of carbonyl (C=O) groups excluding carboxylic acids is 1. The zero-order chi connectivity index (χ0) is 13.4. The standard InChI is InChI=1S/C14H23N3O/c1-11(2)9-17-14(18)6-8-16-12(3)13-5-4-7-15-10-13/h4-5,7,10-12,16H,6,8-9H2,1-3H3,(H,17,18). The maximum Gasteiger partial charge on any atom is 0.221 e. The van der Waals surface area contributed by atoms with Crippen LogP contribution in [-0.4, -0.2) is 24.0 Å². The summed E-state index contributed by atoms with van der Waals surface area (Å²) >= 11 is 0. The van der Waals surface area contributed by atoms with Gasteiger partial charge in [0.2, 0.25) is 5.91 Å². The van der Waals surface area contributed by atoms with E-state index in [1.165, 1.54) is 0 Å². The van der Waals surface area contributed by atoms with Crippen LogP contribution in [0.15, 0.2) is 24.5 Å². The molecule has 1 amide bonds. The Morgan fingerprint density at radius 2 is 2.17 bits per heavy atom. The van der Waals surface area contributed by atoms with Gasteiger partial charge in [-0.05, 0) is 24.5 Å². The molecule has 1 rings (SSSR count). The van der Waals surface area contributed by atoms with Crippen molar-refractivity contribution in [1.82, 2.24) is 15.6 Å². The Morgan fingerprint density at radius 3 is 2.78 bits per heavy atom. The Kier molecular flexibility index (Phi) is 6.36. The Hall–Kier alpha value is -1.42. The maximum absolute atomic E-state index is 11.5. The lowest BCUT2D eigenvalue weighted by molar-refractivity contribution is -0.121. The number of carbonyl (C=O) groups is 1. The van der Waals surface area contributed by atoms with Crippen molar-refractivity contribution in [3.63, 3.8) is 0 Å². The fraction of sp³-hybridized carbons (Fsp3) is 0.571. The minimum absolute atomic E-state index is 0.106. The van der Waals surface area contributed by atoms with Gasteiger partial charge in [-0.3, -0.25) is 9.78 Å². The fourth-order valence-electron chi connectivity index (χ4n) is 1.56. The number of rotatable bonds is 7. The highest BCUT2D eigenvalue weighted by Crippen LogP contribution is 2.09. The van der Waals surface area contributed by atoms with Crippen molar-refractivity contribution in [2.24, 2.45) is 5.92 Å². The third-order valence-corrected chi connectivity index (χ3v) is 2.69. The lowest BCUT2D eigenvalue weighted by Gasteiger charge is -2.13. The summed E-state index contributed by atoms with van der Waals surface area (Å²) in [4.78, 5) is 15.6. The minimum atomic E-state index is 0.106. The van der Waals surface area contributed by atoms with E-state index >= 15 is 0 Å². The van der Waals surface area contributed by atoms with Crippen molar-refractivity contribution in [2.75, 3.05) is 13.1 Å². The van der Waals surface area contributed by atoms with E-state index in [0.717, 1.165) is 12.1 Å². The van der Waals surface area contributed by atoms with Crippen LogP contribution in [-0.2, 0) is 4.79 Å². The molecule has 100 valence electrons. The Balaban J connectivity index is 2.19. The largest absolute Gasteiger partial charge is 0.356 e. The second kappa shape index (κ2) is 7.82. The predicted molar refractivity (Wildman–Crippen MR) is 73.1 cm³/mol. The van der Waals surface area contributed by atoms with E-state index in [0.29, 0.717) is 18.9 Å². The first-order chi connectivity index (χ1) is 8.59. The molecule has 4 nitrogen and oxygen atoms in total. The zero-order valence-electron chi connectivity index (χ0n) is 11.4. The van der Waals surface area contributed by atoms with E-state index < -0.39 is 0 Å². The monoisotopic (exact) mass is 249 g/mol. The summed E-state index contributed by atoms with van der Waals surface area (Å²) in [6.45, 7) is 7.67. The predicted octanol–water partition coefficient (Wildman–Crippen LogP) is 1.89. The molecule has 0 saturated heterocycles. The number of hydrogen-bond donors (Lipinski definition) is 2. The third-order valence-electron chi connectivity index (χ3n) is 2.69. The summed E-state index contributed by atoms with van der Waals surface area (Å²) in [6.07, 6.45) is 4.11. The molecule has 1 heterocycles. The molecule has 0 aromatic carbocycles. The number of hydrogen-bond acceptors (Lipinski definition) is 3. The van der Waals surface area contributed by atoms with Crippen LogP contribution in [0.25, 0.3) is 0 Å². The molecule has 0 saturated carbocycles. The summed E-state index contributed by atoms with van der Waals surface area (Å²) in [5.74, 6) is 0.603. The quantitative estimate of drug-likeness (QED) is 0.776. The van der Waals surface area contributed by atoms with Gasteiger partial charge in [-0.15, -0.1) is 0 Å². The summed E-state index contributed by atoms with van der Waals surface area (Å²) in [7, 11) is 0. The van der Waals surface area contributed by atoms with Gasteiger partial charge in [0, 0.05) is 37.9 Å². The number of nitrogens with zero attached hydrogens (tertiary/aromatic N) is 1. The average Bonchev–Trinajstić information content (AvgIpc) is 2.37. The van der Waals surface area contributed by atoms with Crippen molar-refractivity contribution < 1.29 is 4.79 Å². The van der Waals surface area contributed by atoms with Crippen LogP contribution in [0.2, 0.25) is 0 Å². The molecule has 0 aliphatic heterocycles. The van der Waals surface area contributed by atoms with Crippen LogP contribution in [0.3, 0.4) is 0 Å². The topological polar surface area (TPSA) is 54.0 Å². The number of nitrogens with one attached hydrogen (secondary N) is 2. The molecule has 0 radical (unpaired) electrons. The normalized spacial score (nSPS) is 12.4. The highest BCUT2D eigenvalue weighted by molar-refractivity contribution is 5.76. The van der Waals surface area contributed by atoms with Crippen LogP contribution in [0.1, 0.15) is 38.8 Å². The Bertz CT molecular complexity index is 351. The van der Waals surface area contributed by atoms with Gasteiger partial charge in [0.1, 0.15) is 0 Å². The van der Waals surface area contributed by atoms with Crippen LogP contribution in [0.4, 0.5) is 0 Å². The molecule has 4 heteroatoms. The van der Waals surface area contributed by atoms with Crippen molar-refractivity contribution >= 4 is 5.91 Å². The molecule has 2 N–H and O–H groups in total. The third kappa shape index (κ3) is 5.77. The molecule has 1 aromatic heterocycles. The molecular weight excluding hydrogens is 226 g/mol. The first-order valence-corrected chi connectivity index (χ1v) is 6.49. The molecule has 1 aromatic rings. The Morgan fingerprint density at radius 1 is 1.39 bits per heavy atom. The van der Waals surface area contributed by atoms with Gasteiger partial charge in [0.05, 0.1) is 0 Å². The number of aromatic nitrogens is 1. The van der Waals surface area contributed by atoms with Crippen LogP contribution < -0.4 is 10.6 Å². The SMILES string of the molecule is CC(C)CNC(=O)CCNC(C)c1cccnc1. The maximum atomic E-state index is 11.5. The van der Waals surface area contributed by atoms with Gasteiger partial charge in [-0.2, -0.15) is 0 Å². The van der Waals surface area contributed by atoms with Gasteiger partial charge in [0.15, 0.2) is 0 Å². The smallest absolute Gasteiger partial charge is 0.221 e. The molecule has 1 unspecified atom stereocenters. The van der Waals surface area contributed by atoms with Crippen LogP contribution in [0.5, 0.6) is 0 Å². The van der Waals surface area contributed by atoms with Crippen molar-refractivity contribution in [3.05, 3.63) is 30.1 Å². The van der Waals surface area contributed by atoms with E-state index in [1.54, 1.807) is 6.20 Å². The molecule has 0 spiro atoms. The van der Waals surface area contributed by atoms with Gasteiger partial charge in [-0.25, -0.2) is 0 Å². The molecule has 1 atom stereocenters. The molecule has 0 bridgehead atoms. The molecule has 0 aliphatic carbocycles. The van der Waals surface area contributed by atoms with Crippen molar-refractivity contribution in [2.45, 2.75) is 33.2 Å². The summed E-state index contributed by atoms with van der Waals surface area (Å²) < 4.78 is 0. The first-order valence-electron chi connectivity index (χ1n) is 6.49. The molecular formula is C14H23N3O. The van der Waals surface area contributed by atoms with Gasteiger partial charge >= 0.3 is 0 Å². The van der Waals surface area contributed by atoms with E-state index in [1.807, 2.05) is 18.3 Å².